The summed E-state index contributed by atoms with van der Waals surface area (Å²) in [7, 11) is 2.12. The molecule has 3 aromatic rings. The van der Waals surface area contributed by atoms with Gasteiger partial charge in [-0.3, -0.25) is 4.98 Å². The number of nitrogens with zero attached hydrogens (tertiary/aromatic N) is 4. The molecule has 1 aliphatic carbocycles. The fourth-order valence-corrected chi connectivity index (χ4v) is 4.84. The van der Waals surface area contributed by atoms with E-state index in [-0.39, 0.29) is 6.17 Å². The molecule has 0 bridgehead atoms. The molecule has 4 nitrogen and oxygen atoms in total. The number of aliphatic imine (C=N–C) groups is 2. The molecule has 1 aliphatic heterocycles. The van der Waals surface area contributed by atoms with Crippen molar-refractivity contribution in [2.45, 2.75) is 38.3 Å². The van der Waals surface area contributed by atoms with Crippen LogP contribution in [0.1, 0.15) is 43.2 Å². The van der Waals surface area contributed by atoms with Gasteiger partial charge in [0.05, 0.1) is 5.69 Å². The first-order valence-corrected chi connectivity index (χ1v) is 11.7. The van der Waals surface area contributed by atoms with E-state index in [1.165, 1.54) is 32.1 Å². The molecule has 162 valence electrons. The van der Waals surface area contributed by atoms with Crippen LogP contribution in [-0.4, -0.2) is 34.8 Å². The summed E-state index contributed by atoms with van der Waals surface area (Å²) in [5.41, 5.74) is 4.04. The summed E-state index contributed by atoms with van der Waals surface area (Å²) in [5, 5.41) is 0.727. The van der Waals surface area contributed by atoms with Gasteiger partial charge in [0, 0.05) is 35.0 Å². The van der Waals surface area contributed by atoms with E-state index in [0.717, 1.165) is 39.1 Å². The highest BCUT2D eigenvalue weighted by atomic mass is 35.5. The van der Waals surface area contributed by atoms with Crippen LogP contribution in [0, 0.1) is 5.92 Å². The molecule has 1 saturated carbocycles. The molecule has 1 unspecified atom stereocenters. The Morgan fingerprint density at radius 3 is 2.22 bits per heavy atom. The molecule has 0 radical (unpaired) electrons. The Bertz CT molecular complexity index is 1110. The van der Waals surface area contributed by atoms with Gasteiger partial charge in [-0.15, -0.1) is 0 Å². The zero-order chi connectivity index (χ0) is 21.9. The zero-order valence-electron chi connectivity index (χ0n) is 18.3. The minimum atomic E-state index is 0.106. The molecule has 0 spiro atoms. The van der Waals surface area contributed by atoms with Gasteiger partial charge in [0.2, 0.25) is 0 Å². The maximum atomic E-state index is 6.03. The van der Waals surface area contributed by atoms with Crippen molar-refractivity contribution >= 4 is 23.3 Å². The van der Waals surface area contributed by atoms with Gasteiger partial charge in [0.15, 0.2) is 5.84 Å². The fourth-order valence-electron chi connectivity index (χ4n) is 4.71. The molecule has 0 N–H and O–H groups in total. The van der Waals surface area contributed by atoms with E-state index in [1.54, 1.807) is 0 Å². The van der Waals surface area contributed by atoms with Crippen LogP contribution in [0.3, 0.4) is 0 Å². The fraction of sp³-hybridized carbons (Fsp3) is 0.296. The van der Waals surface area contributed by atoms with E-state index in [4.69, 9.17) is 26.6 Å². The average Bonchev–Trinajstić information content (AvgIpc) is 2.86. The lowest BCUT2D eigenvalue weighted by atomic mass is 9.86. The zero-order valence-corrected chi connectivity index (χ0v) is 19.0. The smallest absolute Gasteiger partial charge is 0.159 e. The van der Waals surface area contributed by atoms with E-state index >= 15 is 0 Å². The highest BCUT2D eigenvalue weighted by Gasteiger charge is 2.32. The summed E-state index contributed by atoms with van der Waals surface area (Å²) in [6.45, 7) is 0. The summed E-state index contributed by atoms with van der Waals surface area (Å²) in [5.74, 6) is 2.31. The van der Waals surface area contributed by atoms with Crippen LogP contribution in [0.15, 0.2) is 82.9 Å². The lowest BCUT2D eigenvalue weighted by Gasteiger charge is -2.38. The van der Waals surface area contributed by atoms with Crippen LogP contribution in [0.2, 0.25) is 5.02 Å². The van der Waals surface area contributed by atoms with E-state index in [9.17, 15) is 0 Å². The number of benzene rings is 2. The summed E-state index contributed by atoms with van der Waals surface area (Å²) in [6, 6.07) is 22.2. The van der Waals surface area contributed by atoms with Crippen LogP contribution >= 0.6 is 11.6 Å². The molecule has 5 heteroatoms. The topological polar surface area (TPSA) is 40.9 Å². The van der Waals surface area contributed by atoms with E-state index in [1.807, 2.05) is 48.7 Å². The first-order chi connectivity index (χ1) is 15.7. The second kappa shape index (κ2) is 9.25. The van der Waals surface area contributed by atoms with Gasteiger partial charge >= 0.3 is 0 Å². The number of halogens is 1. The van der Waals surface area contributed by atoms with E-state index in [2.05, 4.69) is 36.2 Å². The van der Waals surface area contributed by atoms with Crippen molar-refractivity contribution in [3.8, 4) is 11.3 Å². The van der Waals surface area contributed by atoms with Gasteiger partial charge in [-0.2, -0.15) is 0 Å². The van der Waals surface area contributed by atoms with Crippen molar-refractivity contribution in [1.82, 2.24) is 9.88 Å². The highest BCUT2D eigenvalue weighted by molar-refractivity contribution is 6.30. The minimum absolute atomic E-state index is 0.106. The van der Waals surface area contributed by atoms with Crippen molar-refractivity contribution < 1.29 is 0 Å². The van der Waals surface area contributed by atoms with Gasteiger partial charge in [-0.1, -0.05) is 73.3 Å². The van der Waals surface area contributed by atoms with E-state index < -0.39 is 0 Å². The Morgan fingerprint density at radius 1 is 0.812 bits per heavy atom. The lowest BCUT2D eigenvalue weighted by Crippen LogP contribution is -2.45. The number of rotatable bonds is 4. The van der Waals surface area contributed by atoms with Gasteiger partial charge < -0.3 is 4.90 Å². The molecule has 2 aromatic carbocycles. The van der Waals surface area contributed by atoms with Crippen molar-refractivity contribution in [1.29, 1.82) is 0 Å². The van der Waals surface area contributed by atoms with Crippen LogP contribution in [0.4, 0.5) is 0 Å². The third-order valence-electron chi connectivity index (χ3n) is 6.46. The molecule has 1 aromatic heterocycles. The average molecular weight is 443 g/mol. The van der Waals surface area contributed by atoms with Gasteiger partial charge in [-0.25, -0.2) is 9.98 Å². The standard InChI is InChI=1S/C27H27ClN4/c1-32-26(21-10-6-3-7-11-21)30-25(20-8-4-2-5-9-20)31-27(32)22-14-17-24(29-18-22)19-12-15-23(28)16-13-19/h2,4-5,8-9,12-18,21,26H,3,6-7,10-11H2,1H3. The van der Waals surface area contributed by atoms with Gasteiger partial charge in [0.1, 0.15) is 12.0 Å². The largest absolute Gasteiger partial charge is 0.337 e. The minimum Gasteiger partial charge on any atom is -0.337 e. The first-order valence-electron chi connectivity index (χ1n) is 11.4. The summed E-state index contributed by atoms with van der Waals surface area (Å²) >= 11 is 6.03. The summed E-state index contributed by atoms with van der Waals surface area (Å²) in [6.07, 6.45) is 8.38. The van der Waals surface area contributed by atoms with Gasteiger partial charge in [0.25, 0.3) is 0 Å². The Balaban J connectivity index is 1.50. The Labute approximate surface area is 194 Å². The Hall–Kier alpha value is -2.98. The van der Waals surface area contributed by atoms with Crippen molar-refractivity contribution in [2.75, 3.05) is 7.05 Å². The molecule has 2 heterocycles. The summed E-state index contributed by atoms with van der Waals surface area (Å²) in [4.78, 5) is 17.1. The maximum Gasteiger partial charge on any atom is 0.159 e. The molecule has 0 saturated heterocycles. The molecule has 0 amide bonds. The third kappa shape index (κ3) is 4.33. The Morgan fingerprint density at radius 2 is 1.53 bits per heavy atom. The number of hydrogen-bond acceptors (Lipinski definition) is 4. The number of pyridine rings is 1. The molecular weight excluding hydrogens is 416 g/mol. The molecule has 1 atom stereocenters. The van der Waals surface area contributed by atoms with Crippen LogP contribution in [0.25, 0.3) is 11.3 Å². The first kappa shape index (κ1) is 20.9. The monoisotopic (exact) mass is 442 g/mol. The molecular formula is C27H27ClN4. The second-order valence-electron chi connectivity index (χ2n) is 8.62. The second-order valence-corrected chi connectivity index (χ2v) is 9.05. The predicted octanol–water partition coefficient (Wildman–Crippen LogP) is 6.45. The number of aromatic nitrogens is 1. The predicted molar refractivity (Wildman–Crippen MR) is 132 cm³/mol. The lowest BCUT2D eigenvalue weighted by molar-refractivity contribution is 0.209. The maximum absolute atomic E-state index is 6.03. The number of amidine groups is 2. The van der Waals surface area contributed by atoms with Crippen LogP contribution in [-0.2, 0) is 0 Å². The van der Waals surface area contributed by atoms with Crippen LogP contribution < -0.4 is 0 Å². The molecule has 2 aliphatic rings. The summed E-state index contributed by atoms with van der Waals surface area (Å²) < 4.78 is 0. The quantitative estimate of drug-likeness (QED) is 0.466. The van der Waals surface area contributed by atoms with Gasteiger partial charge in [-0.05, 0) is 43.0 Å². The van der Waals surface area contributed by atoms with Crippen molar-refractivity contribution in [3.05, 3.63) is 89.1 Å². The van der Waals surface area contributed by atoms with Crippen LogP contribution in [0.5, 0.6) is 0 Å². The van der Waals surface area contributed by atoms with Crippen molar-refractivity contribution in [3.63, 3.8) is 0 Å². The number of hydrogen-bond donors (Lipinski definition) is 0. The Kier molecular flexibility index (Phi) is 6.04. The normalized spacial score (nSPS) is 19.4. The third-order valence-corrected chi connectivity index (χ3v) is 6.71. The molecule has 5 rings (SSSR count). The molecule has 32 heavy (non-hydrogen) atoms. The SMILES string of the molecule is CN1C(c2ccc(-c3ccc(Cl)cc3)nc2)=NC(c2ccccc2)=NC1C1CCCCC1. The highest BCUT2D eigenvalue weighted by Crippen LogP contribution is 2.32. The van der Waals surface area contributed by atoms with Crippen molar-refractivity contribution in [2.24, 2.45) is 15.9 Å². The van der Waals surface area contributed by atoms with E-state index in [0.29, 0.717) is 5.92 Å². The molecule has 1 fully saturated rings.